The van der Waals surface area contributed by atoms with E-state index in [-0.39, 0.29) is 23.7 Å². The summed E-state index contributed by atoms with van der Waals surface area (Å²) < 4.78 is 34.7. The lowest BCUT2D eigenvalue weighted by atomic mass is 9.69. The fraction of sp³-hybridized carbons (Fsp3) is 0.579. The first-order chi connectivity index (χ1) is 10.6. The van der Waals surface area contributed by atoms with Crippen molar-refractivity contribution in [3.63, 3.8) is 0 Å². The Bertz CT molecular complexity index is 712. The molecule has 0 fully saturated rings. The zero-order valence-corrected chi connectivity index (χ0v) is 15.7. The van der Waals surface area contributed by atoms with Gasteiger partial charge in [0.2, 0.25) is 0 Å². The summed E-state index contributed by atoms with van der Waals surface area (Å²) in [5.74, 6) is 0.159. The van der Waals surface area contributed by atoms with Gasteiger partial charge in [0.15, 0.2) is 0 Å². The first-order valence-corrected chi connectivity index (χ1v) is 9.87. The highest BCUT2D eigenvalue weighted by Gasteiger charge is 2.44. The Hall–Kier alpha value is -1.13. The molecule has 0 bridgehead atoms. The van der Waals surface area contributed by atoms with Gasteiger partial charge in [0, 0.05) is 5.92 Å². The Kier molecular flexibility index (Phi) is 5.07. The maximum atomic E-state index is 12.3. The van der Waals surface area contributed by atoms with E-state index in [1.54, 1.807) is 0 Å². The third-order valence-electron chi connectivity index (χ3n) is 4.79. The van der Waals surface area contributed by atoms with Gasteiger partial charge in [-0.1, -0.05) is 65.8 Å². The summed E-state index contributed by atoms with van der Waals surface area (Å²) in [5, 5.41) is -0.852. The summed E-state index contributed by atoms with van der Waals surface area (Å²) in [7, 11) is -4.18. The van der Waals surface area contributed by atoms with Crippen LogP contribution in [-0.4, -0.2) is 18.2 Å². The molecule has 23 heavy (non-hydrogen) atoms. The molecule has 1 N–H and O–H groups in total. The molecular formula is C19H28O3S. The van der Waals surface area contributed by atoms with Crippen molar-refractivity contribution in [1.29, 1.82) is 0 Å². The summed E-state index contributed by atoms with van der Waals surface area (Å²) in [5.41, 5.74) is 4.14. The molecule has 1 aromatic carbocycles. The van der Waals surface area contributed by atoms with Crippen molar-refractivity contribution in [3.05, 3.63) is 41.0 Å². The van der Waals surface area contributed by atoms with Gasteiger partial charge in [-0.3, -0.25) is 4.55 Å². The zero-order chi connectivity index (χ0) is 17.5. The van der Waals surface area contributed by atoms with Crippen molar-refractivity contribution in [3.8, 4) is 0 Å². The second-order valence-electron chi connectivity index (χ2n) is 7.47. The predicted octanol–water partition coefficient (Wildman–Crippen LogP) is 4.76. The normalized spacial score (nSPS) is 22.2. The molecule has 4 heteroatoms. The van der Waals surface area contributed by atoms with Gasteiger partial charge in [0.05, 0.1) is 0 Å². The maximum Gasteiger partial charge on any atom is 0.272 e. The largest absolute Gasteiger partial charge is 0.285 e. The van der Waals surface area contributed by atoms with Crippen LogP contribution in [0.15, 0.2) is 29.8 Å². The smallest absolute Gasteiger partial charge is 0.272 e. The first kappa shape index (κ1) is 18.2. The molecule has 2 unspecified atom stereocenters. The van der Waals surface area contributed by atoms with Crippen molar-refractivity contribution in [2.45, 2.75) is 52.7 Å². The summed E-state index contributed by atoms with van der Waals surface area (Å²) in [6, 6.07) is 8.05. The van der Waals surface area contributed by atoms with Crippen LogP contribution in [0.1, 0.15) is 58.6 Å². The minimum Gasteiger partial charge on any atom is -0.285 e. The van der Waals surface area contributed by atoms with Gasteiger partial charge in [-0.2, -0.15) is 8.42 Å². The van der Waals surface area contributed by atoms with Gasteiger partial charge in [-0.25, -0.2) is 0 Å². The topological polar surface area (TPSA) is 54.4 Å². The van der Waals surface area contributed by atoms with Gasteiger partial charge in [0.1, 0.15) is 5.25 Å². The molecule has 1 aromatic rings. The van der Waals surface area contributed by atoms with Crippen LogP contribution in [-0.2, 0) is 10.1 Å². The Morgan fingerprint density at radius 2 is 1.52 bits per heavy atom. The summed E-state index contributed by atoms with van der Waals surface area (Å²) in [4.78, 5) is 0. The van der Waals surface area contributed by atoms with E-state index in [2.05, 4.69) is 19.9 Å². The van der Waals surface area contributed by atoms with Crippen molar-refractivity contribution >= 4 is 15.7 Å². The van der Waals surface area contributed by atoms with E-state index in [1.807, 2.05) is 45.9 Å². The minimum atomic E-state index is -4.18. The molecule has 0 saturated heterocycles. The van der Waals surface area contributed by atoms with E-state index in [4.69, 9.17) is 0 Å². The second-order valence-corrected chi connectivity index (χ2v) is 9.01. The predicted molar refractivity (Wildman–Crippen MR) is 96.0 cm³/mol. The molecule has 0 aliphatic heterocycles. The third-order valence-corrected chi connectivity index (χ3v) is 5.98. The van der Waals surface area contributed by atoms with Gasteiger partial charge in [-0.05, 0) is 40.0 Å². The molecule has 0 heterocycles. The fourth-order valence-electron chi connectivity index (χ4n) is 4.04. The SMILES string of the molecule is CC(C)C1=C(C(C)C)C(S(=O)(=O)O)C(C(C)C)c2ccccc21. The van der Waals surface area contributed by atoms with Crippen LogP contribution >= 0.6 is 0 Å². The lowest BCUT2D eigenvalue weighted by Gasteiger charge is -2.40. The van der Waals surface area contributed by atoms with E-state index in [0.717, 1.165) is 22.3 Å². The van der Waals surface area contributed by atoms with E-state index in [9.17, 15) is 13.0 Å². The summed E-state index contributed by atoms with van der Waals surface area (Å²) in [6.07, 6.45) is 0. The fourth-order valence-corrected chi connectivity index (χ4v) is 5.59. The Morgan fingerprint density at radius 1 is 0.957 bits per heavy atom. The highest BCUT2D eigenvalue weighted by Crippen LogP contribution is 2.49. The van der Waals surface area contributed by atoms with E-state index >= 15 is 0 Å². The Balaban J connectivity index is 2.92. The Labute approximate surface area is 140 Å². The molecule has 0 spiro atoms. The molecule has 1 aliphatic rings. The lowest BCUT2D eigenvalue weighted by molar-refractivity contribution is 0.416. The van der Waals surface area contributed by atoms with Crippen LogP contribution in [0.5, 0.6) is 0 Å². The van der Waals surface area contributed by atoms with Gasteiger partial charge < -0.3 is 0 Å². The first-order valence-electron chi connectivity index (χ1n) is 8.36. The third kappa shape index (κ3) is 3.24. The van der Waals surface area contributed by atoms with E-state index < -0.39 is 15.4 Å². The molecule has 3 nitrogen and oxygen atoms in total. The van der Waals surface area contributed by atoms with Crippen LogP contribution in [0.4, 0.5) is 0 Å². The molecule has 0 aromatic heterocycles. The highest BCUT2D eigenvalue weighted by molar-refractivity contribution is 7.86. The van der Waals surface area contributed by atoms with Gasteiger partial charge in [-0.15, -0.1) is 0 Å². The number of fused-ring (bicyclic) bond motifs is 1. The van der Waals surface area contributed by atoms with Crippen molar-refractivity contribution in [2.24, 2.45) is 17.8 Å². The lowest BCUT2D eigenvalue weighted by Crippen LogP contribution is -2.38. The number of rotatable bonds is 4. The van der Waals surface area contributed by atoms with Gasteiger partial charge in [0.25, 0.3) is 10.1 Å². The zero-order valence-electron chi connectivity index (χ0n) is 14.9. The van der Waals surface area contributed by atoms with Crippen molar-refractivity contribution in [1.82, 2.24) is 0 Å². The highest BCUT2D eigenvalue weighted by atomic mass is 32.2. The average molecular weight is 336 g/mol. The standard InChI is InChI=1S/C19H28O3S/c1-11(2)16-14-9-7-8-10-15(14)17(12(3)4)19(23(20,21)22)18(16)13(5)6/h7-13,17,19H,1-6H3,(H,20,21,22). The quantitative estimate of drug-likeness (QED) is 0.806. The average Bonchev–Trinajstić information content (AvgIpc) is 2.42. The van der Waals surface area contributed by atoms with E-state index in [0.29, 0.717) is 0 Å². The van der Waals surface area contributed by atoms with Crippen molar-refractivity contribution < 1.29 is 13.0 Å². The summed E-state index contributed by atoms with van der Waals surface area (Å²) >= 11 is 0. The van der Waals surface area contributed by atoms with Crippen LogP contribution in [0, 0.1) is 17.8 Å². The van der Waals surface area contributed by atoms with Crippen LogP contribution < -0.4 is 0 Å². The molecule has 0 amide bonds. The molecule has 0 radical (unpaired) electrons. The number of hydrogen-bond acceptors (Lipinski definition) is 2. The van der Waals surface area contributed by atoms with Crippen LogP contribution in [0.25, 0.3) is 5.57 Å². The number of benzene rings is 1. The molecular weight excluding hydrogens is 308 g/mol. The monoisotopic (exact) mass is 336 g/mol. The maximum absolute atomic E-state index is 12.3. The number of allylic oxidation sites excluding steroid dienone is 1. The molecule has 128 valence electrons. The van der Waals surface area contributed by atoms with Gasteiger partial charge >= 0.3 is 0 Å². The molecule has 1 aliphatic carbocycles. The van der Waals surface area contributed by atoms with Crippen LogP contribution in [0.3, 0.4) is 0 Å². The summed E-state index contributed by atoms with van der Waals surface area (Å²) in [6.45, 7) is 12.3. The molecule has 2 atom stereocenters. The van der Waals surface area contributed by atoms with Crippen LogP contribution in [0.2, 0.25) is 0 Å². The molecule has 0 saturated carbocycles. The second kappa shape index (κ2) is 6.40. The minimum absolute atomic E-state index is 0.0638. The van der Waals surface area contributed by atoms with E-state index in [1.165, 1.54) is 0 Å². The van der Waals surface area contributed by atoms with Crippen molar-refractivity contribution in [2.75, 3.05) is 0 Å². The molecule has 2 rings (SSSR count). The number of hydrogen-bond donors (Lipinski definition) is 1. The Morgan fingerprint density at radius 3 is 1.96 bits per heavy atom.